The smallest absolute Gasteiger partial charge is 0.0142 e. The third-order valence-electron chi connectivity index (χ3n) is 2.10. The molecule has 1 atom stereocenters. The Morgan fingerprint density at radius 2 is 2.22 bits per heavy atom. The molecule has 0 saturated carbocycles. The molecule has 1 aliphatic carbocycles. The van der Waals surface area contributed by atoms with Crippen LogP contribution in [-0.4, -0.2) is 13.1 Å². The normalized spacial score (nSPS) is 26.3. The van der Waals surface area contributed by atoms with E-state index in [1.807, 2.05) is 0 Å². The number of hydrogen-bond donors (Lipinski definition) is 2. The van der Waals surface area contributed by atoms with Gasteiger partial charge in [-0.25, -0.2) is 0 Å². The fraction of sp³-hybridized carbons (Fsp3) is 0.714. The van der Waals surface area contributed by atoms with Crippen LogP contribution in [-0.2, 0) is 0 Å². The highest BCUT2D eigenvalue weighted by atomic mass is 14.6. The molecule has 4 N–H and O–H groups in total. The Bertz CT molecular complexity index is 138. The van der Waals surface area contributed by atoms with Crippen LogP contribution in [0.3, 0.4) is 0 Å². The monoisotopic (exact) mass is 126 g/mol. The molecule has 0 aliphatic heterocycles. The zero-order valence-corrected chi connectivity index (χ0v) is 5.85. The van der Waals surface area contributed by atoms with Crippen LogP contribution < -0.4 is 11.5 Å². The minimum atomic E-state index is 0.606. The molecule has 2 nitrogen and oxygen atoms in total. The molecular formula is C7H14N2. The average Bonchev–Trinajstić information content (AvgIpc) is 1.83. The third kappa shape index (κ3) is 1.00. The van der Waals surface area contributed by atoms with Crippen molar-refractivity contribution in [3.8, 4) is 0 Å². The lowest BCUT2D eigenvalue weighted by atomic mass is 9.78. The number of allylic oxidation sites excluding steroid dienone is 1. The molecule has 0 aromatic heterocycles. The Labute approximate surface area is 55.9 Å². The van der Waals surface area contributed by atoms with Gasteiger partial charge in [0.25, 0.3) is 0 Å². The lowest BCUT2D eigenvalue weighted by Gasteiger charge is -2.30. The van der Waals surface area contributed by atoms with Gasteiger partial charge in [-0.3, -0.25) is 0 Å². The molecule has 1 aliphatic rings. The fourth-order valence-corrected chi connectivity index (χ4v) is 1.41. The van der Waals surface area contributed by atoms with Gasteiger partial charge in [0.15, 0.2) is 0 Å². The van der Waals surface area contributed by atoms with Crippen molar-refractivity contribution < 1.29 is 0 Å². The predicted octanol–water partition coefficient (Wildman–Crippen LogP) is 0.240. The van der Waals surface area contributed by atoms with Gasteiger partial charge in [-0.05, 0) is 25.8 Å². The quantitative estimate of drug-likeness (QED) is 0.521. The molecule has 0 bridgehead atoms. The summed E-state index contributed by atoms with van der Waals surface area (Å²) in [5.74, 6) is 0.606. The first-order valence-corrected chi connectivity index (χ1v) is 3.38. The molecule has 1 rings (SSSR count). The van der Waals surface area contributed by atoms with Gasteiger partial charge in [0.05, 0.1) is 0 Å². The average molecular weight is 126 g/mol. The van der Waals surface area contributed by atoms with Crippen molar-refractivity contribution >= 4 is 0 Å². The molecule has 1 unspecified atom stereocenters. The molecule has 0 aromatic carbocycles. The topological polar surface area (TPSA) is 52.0 Å². The minimum absolute atomic E-state index is 0.606. The van der Waals surface area contributed by atoms with E-state index in [1.54, 1.807) is 0 Å². The molecule has 0 spiro atoms. The Balaban J connectivity index is 2.53. The molecule has 0 amide bonds. The van der Waals surface area contributed by atoms with Crippen LogP contribution in [0.15, 0.2) is 11.1 Å². The summed E-state index contributed by atoms with van der Waals surface area (Å²) in [5.41, 5.74) is 13.8. The van der Waals surface area contributed by atoms with Crippen molar-refractivity contribution in [2.45, 2.75) is 13.3 Å². The van der Waals surface area contributed by atoms with Crippen molar-refractivity contribution in [3.63, 3.8) is 0 Å². The maximum Gasteiger partial charge on any atom is 0.0142 e. The van der Waals surface area contributed by atoms with E-state index in [4.69, 9.17) is 11.5 Å². The van der Waals surface area contributed by atoms with Gasteiger partial charge in [-0.2, -0.15) is 0 Å². The molecule has 0 radical (unpaired) electrons. The van der Waals surface area contributed by atoms with Gasteiger partial charge in [-0.15, -0.1) is 0 Å². The van der Waals surface area contributed by atoms with Crippen molar-refractivity contribution in [2.24, 2.45) is 17.4 Å². The molecular weight excluding hydrogens is 112 g/mol. The number of nitrogens with two attached hydrogens (primary N) is 2. The summed E-state index contributed by atoms with van der Waals surface area (Å²) in [6.07, 6.45) is 1.17. The van der Waals surface area contributed by atoms with Crippen LogP contribution in [0.25, 0.3) is 0 Å². The van der Waals surface area contributed by atoms with E-state index in [1.165, 1.54) is 17.6 Å². The maximum atomic E-state index is 5.48. The van der Waals surface area contributed by atoms with Crippen LogP contribution in [0.5, 0.6) is 0 Å². The summed E-state index contributed by atoms with van der Waals surface area (Å²) in [6, 6.07) is 0. The second kappa shape index (κ2) is 2.50. The summed E-state index contributed by atoms with van der Waals surface area (Å²) in [5, 5.41) is 0. The summed E-state index contributed by atoms with van der Waals surface area (Å²) < 4.78 is 0. The summed E-state index contributed by atoms with van der Waals surface area (Å²) in [6.45, 7) is 3.60. The molecule has 0 fully saturated rings. The largest absolute Gasteiger partial charge is 0.330 e. The highest BCUT2D eigenvalue weighted by Crippen LogP contribution is 2.32. The molecule has 52 valence electrons. The zero-order chi connectivity index (χ0) is 6.85. The maximum absolute atomic E-state index is 5.48. The van der Waals surface area contributed by atoms with Gasteiger partial charge in [0.2, 0.25) is 0 Å². The highest BCUT2D eigenvalue weighted by Gasteiger charge is 2.23. The standard InChI is InChI=1S/C7H14N2/c1-5-2-6(3-8)7(5)4-9/h6H,2-4,8-9H2,1H3. The Morgan fingerprint density at radius 3 is 2.44 bits per heavy atom. The van der Waals surface area contributed by atoms with E-state index in [9.17, 15) is 0 Å². The van der Waals surface area contributed by atoms with Gasteiger partial charge < -0.3 is 11.5 Å². The van der Waals surface area contributed by atoms with Gasteiger partial charge >= 0.3 is 0 Å². The Kier molecular flexibility index (Phi) is 1.88. The van der Waals surface area contributed by atoms with E-state index in [2.05, 4.69) is 6.92 Å². The highest BCUT2D eigenvalue weighted by molar-refractivity contribution is 5.28. The molecule has 0 aromatic rings. The van der Waals surface area contributed by atoms with Crippen LogP contribution in [0.4, 0.5) is 0 Å². The van der Waals surface area contributed by atoms with E-state index < -0.39 is 0 Å². The van der Waals surface area contributed by atoms with Crippen molar-refractivity contribution in [2.75, 3.05) is 13.1 Å². The zero-order valence-electron chi connectivity index (χ0n) is 5.85. The second-order valence-electron chi connectivity index (χ2n) is 2.65. The summed E-state index contributed by atoms with van der Waals surface area (Å²) >= 11 is 0. The number of rotatable bonds is 2. The van der Waals surface area contributed by atoms with Crippen molar-refractivity contribution in [1.82, 2.24) is 0 Å². The van der Waals surface area contributed by atoms with Gasteiger partial charge in [0.1, 0.15) is 0 Å². The van der Waals surface area contributed by atoms with Gasteiger partial charge in [-0.1, -0.05) is 11.1 Å². The van der Waals surface area contributed by atoms with E-state index in [0.717, 1.165) is 6.54 Å². The fourth-order valence-electron chi connectivity index (χ4n) is 1.41. The van der Waals surface area contributed by atoms with Gasteiger partial charge in [0, 0.05) is 6.54 Å². The minimum Gasteiger partial charge on any atom is -0.330 e. The first kappa shape index (κ1) is 6.78. The van der Waals surface area contributed by atoms with Crippen LogP contribution in [0.1, 0.15) is 13.3 Å². The Hall–Kier alpha value is -0.340. The van der Waals surface area contributed by atoms with E-state index in [-0.39, 0.29) is 0 Å². The lowest BCUT2D eigenvalue weighted by Crippen LogP contribution is -2.29. The first-order valence-electron chi connectivity index (χ1n) is 3.38. The van der Waals surface area contributed by atoms with Crippen molar-refractivity contribution in [1.29, 1.82) is 0 Å². The molecule has 0 heterocycles. The lowest BCUT2D eigenvalue weighted by molar-refractivity contribution is 0.531. The summed E-state index contributed by atoms with van der Waals surface area (Å²) in [4.78, 5) is 0. The van der Waals surface area contributed by atoms with Crippen LogP contribution in [0, 0.1) is 5.92 Å². The van der Waals surface area contributed by atoms with Crippen molar-refractivity contribution in [3.05, 3.63) is 11.1 Å². The van der Waals surface area contributed by atoms with Crippen LogP contribution in [0.2, 0.25) is 0 Å². The van der Waals surface area contributed by atoms with E-state index in [0.29, 0.717) is 12.5 Å². The Morgan fingerprint density at radius 1 is 1.56 bits per heavy atom. The summed E-state index contributed by atoms with van der Waals surface area (Å²) in [7, 11) is 0. The van der Waals surface area contributed by atoms with Crippen LogP contribution >= 0.6 is 0 Å². The SMILES string of the molecule is CC1=C(CN)C(CN)C1. The first-order chi connectivity index (χ1) is 4.29. The van der Waals surface area contributed by atoms with E-state index >= 15 is 0 Å². The number of hydrogen-bond acceptors (Lipinski definition) is 2. The molecule has 2 heteroatoms. The molecule has 0 saturated heterocycles. The molecule has 9 heavy (non-hydrogen) atoms. The predicted molar refractivity (Wildman–Crippen MR) is 38.9 cm³/mol. The second-order valence-corrected chi connectivity index (χ2v) is 2.65. The third-order valence-corrected chi connectivity index (χ3v) is 2.10.